The number of amides is 2. The van der Waals surface area contributed by atoms with Gasteiger partial charge >= 0.3 is 0 Å². The Hall–Kier alpha value is -4.03. The van der Waals surface area contributed by atoms with E-state index in [0.717, 1.165) is 33.3 Å². The molecule has 3 aromatic carbocycles. The van der Waals surface area contributed by atoms with E-state index in [2.05, 4.69) is 23.5 Å². The van der Waals surface area contributed by atoms with Crippen LogP contribution in [0.15, 0.2) is 78.9 Å². The minimum atomic E-state index is -0.130. The zero-order valence-electron chi connectivity index (χ0n) is 19.7. The maximum absolute atomic E-state index is 13.1. The molecule has 0 saturated carbocycles. The van der Waals surface area contributed by atoms with Crippen LogP contribution in [-0.2, 0) is 16.0 Å². The number of nitrogens with one attached hydrogen (secondary N) is 1. The Bertz CT molecular complexity index is 1360. The summed E-state index contributed by atoms with van der Waals surface area (Å²) >= 11 is 0. The molecule has 2 heterocycles. The SMILES string of the molecule is Cc1nc2ccccc2c(-c2ccccc2)c1CC(=O)Nc1ccc(C(=O)N2CCOCC2)cc1. The van der Waals surface area contributed by atoms with Gasteiger partial charge in [0.05, 0.1) is 25.2 Å². The lowest BCUT2D eigenvalue weighted by molar-refractivity contribution is -0.115. The van der Waals surface area contributed by atoms with Gasteiger partial charge in [-0.1, -0.05) is 48.5 Å². The zero-order chi connectivity index (χ0) is 24.2. The average Bonchev–Trinajstić information content (AvgIpc) is 2.90. The number of carbonyl (C=O) groups is 2. The lowest BCUT2D eigenvalue weighted by atomic mass is 9.92. The molecule has 0 bridgehead atoms. The fourth-order valence-electron chi connectivity index (χ4n) is 4.54. The van der Waals surface area contributed by atoms with Crippen LogP contribution in [0.2, 0.25) is 0 Å². The number of fused-ring (bicyclic) bond motifs is 1. The number of aryl methyl sites for hydroxylation is 1. The van der Waals surface area contributed by atoms with Crippen LogP contribution in [0.5, 0.6) is 0 Å². The summed E-state index contributed by atoms with van der Waals surface area (Å²) in [5, 5.41) is 4.00. The van der Waals surface area contributed by atoms with Crippen molar-refractivity contribution in [1.82, 2.24) is 9.88 Å². The molecule has 0 radical (unpaired) electrons. The van der Waals surface area contributed by atoms with Crippen LogP contribution >= 0.6 is 0 Å². The van der Waals surface area contributed by atoms with Crippen molar-refractivity contribution in [2.24, 2.45) is 0 Å². The number of nitrogens with zero attached hydrogens (tertiary/aromatic N) is 2. The molecule has 0 aliphatic carbocycles. The van der Waals surface area contributed by atoms with Crippen LogP contribution in [-0.4, -0.2) is 48.0 Å². The van der Waals surface area contributed by atoms with Crippen LogP contribution in [0.3, 0.4) is 0 Å². The second kappa shape index (κ2) is 10.1. The molecule has 1 aliphatic rings. The van der Waals surface area contributed by atoms with Crippen LogP contribution in [0.25, 0.3) is 22.0 Å². The van der Waals surface area contributed by atoms with E-state index >= 15 is 0 Å². The highest BCUT2D eigenvalue weighted by atomic mass is 16.5. The molecule has 4 aromatic rings. The van der Waals surface area contributed by atoms with Gasteiger partial charge in [0.25, 0.3) is 5.91 Å². The van der Waals surface area contributed by atoms with E-state index < -0.39 is 0 Å². The summed E-state index contributed by atoms with van der Waals surface area (Å²) in [5.74, 6) is -0.147. The van der Waals surface area contributed by atoms with Gasteiger partial charge in [-0.15, -0.1) is 0 Å². The Morgan fingerprint density at radius 2 is 1.60 bits per heavy atom. The maximum atomic E-state index is 13.1. The van der Waals surface area contributed by atoms with Crippen molar-refractivity contribution >= 4 is 28.4 Å². The quantitative estimate of drug-likeness (QED) is 0.457. The first-order chi connectivity index (χ1) is 17.1. The lowest BCUT2D eigenvalue weighted by Crippen LogP contribution is -2.40. The number of rotatable bonds is 5. The first-order valence-electron chi connectivity index (χ1n) is 11.8. The van der Waals surface area contributed by atoms with Crippen molar-refractivity contribution < 1.29 is 14.3 Å². The van der Waals surface area contributed by atoms with Crippen molar-refractivity contribution in [3.8, 4) is 11.1 Å². The first-order valence-corrected chi connectivity index (χ1v) is 11.8. The van der Waals surface area contributed by atoms with E-state index in [-0.39, 0.29) is 18.2 Å². The molecule has 6 heteroatoms. The molecule has 35 heavy (non-hydrogen) atoms. The van der Waals surface area contributed by atoms with Gasteiger partial charge in [0.1, 0.15) is 0 Å². The number of benzene rings is 3. The molecule has 2 amide bonds. The van der Waals surface area contributed by atoms with Crippen molar-refractivity contribution in [3.63, 3.8) is 0 Å². The van der Waals surface area contributed by atoms with Gasteiger partial charge in [0, 0.05) is 35.4 Å². The van der Waals surface area contributed by atoms with E-state index in [0.29, 0.717) is 37.6 Å². The predicted octanol–water partition coefficient (Wildman–Crippen LogP) is 4.86. The summed E-state index contributed by atoms with van der Waals surface area (Å²) in [7, 11) is 0. The third kappa shape index (κ3) is 4.93. The summed E-state index contributed by atoms with van der Waals surface area (Å²) in [6.07, 6.45) is 0.197. The van der Waals surface area contributed by atoms with Crippen molar-refractivity contribution in [1.29, 1.82) is 0 Å². The molecule has 1 fully saturated rings. The van der Waals surface area contributed by atoms with Gasteiger partial charge in [-0.05, 0) is 53.9 Å². The lowest BCUT2D eigenvalue weighted by Gasteiger charge is -2.26. The molecule has 0 spiro atoms. The number of ether oxygens (including phenoxy) is 1. The van der Waals surface area contributed by atoms with Gasteiger partial charge < -0.3 is 15.0 Å². The van der Waals surface area contributed by atoms with Crippen LogP contribution in [0.1, 0.15) is 21.6 Å². The average molecular weight is 466 g/mol. The fourth-order valence-corrected chi connectivity index (χ4v) is 4.54. The predicted molar refractivity (Wildman–Crippen MR) is 137 cm³/mol. The van der Waals surface area contributed by atoms with Crippen molar-refractivity contribution in [3.05, 3.63) is 95.7 Å². The van der Waals surface area contributed by atoms with E-state index in [1.807, 2.05) is 43.3 Å². The number of morpholine rings is 1. The Morgan fingerprint density at radius 3 is 2.34 bits per heavy atom. The standard InChI is InChI=1S/C29H27N3O3/c1-20-25(28(21-7-3-2-4-8-21)24-9-5-6-10-26(24)30-20)19-27(33)31-23-13-11-22(12-14-23)29(34)32-15-17-35-18-16-32/h2-14H,15-19H2,1H3,(H,31,33). The number of anilines is 1. The molecular formula is C29H27N3O3. The number of hydrogen-bond donors (Lipinski definition) is 1. The molecule has 6 nitrogen and oxygen atoms in total. The second-order valence-electron chi connectivity index (χ2n) is 8.64. The number of pyridine rings is 1. The van der Waals surface area contributed by atoms with E-state index in [1.165, 1.54) is 0 Å². The summed E-state index contributed by atoms with van der Waals surface area (Å²) in [6, 6.07) is 25.2. The zero-order valence-corrected chi connectivity index (χ0v) is 19.7. The highest BCUT2D eigenvalue weighted by molar-refractivity contribution is 6.00. The molecule has 1 saturated heterocycles. The van der Waals surface area contributed by atoms with Crippen LogP contribution in [0, 0.1) is 6.92 Å². The molecule has 0 unspecified atom stereocenters. The summed E-state index contributed by atoms with van der Waals surface area (Å²) < 4.78 is 5.32. The third-order valence-corrected chi connectivity index (χ3v) is 6.31. The van der Waals surface area contributed by atoms with Gasteiger partial charge in [-0.3, -0.25) is 14.6 Å². The van der Waals surface area contributed by atoms with Gasteiger partial charge in [-0.25, -0.2) is 0 Å². The Labute approximate surface area is 204 Å². The number of aromatic nitrogens is 1. The Balaban J connectivity index is 1.37. The number of carbonyl (C=O) groups excluding carboxylic acids is 2. The minimum Gasteiger partial charge on any atom is -0.378 e. The largest absolute Gasteiger partial charge is 0.378 e. The number of hydrogen-bond acceptors (Lipinski definition) is 4. The number of para-hydroxylation sites is 1. The summed E-state index contributed by atoms with van der Waals surface area (Å²) in [6.45, 7) is 4.27. The third-order valence-electron chi connectivity index (χ3n) is 6.31. The maximum Gasteiger partial charge on any atom is 0.254 e. The van der Waals surface area contributed by atoms with Crippen LogP contribution in [0.4, 0.5) is 5.69 Å². The van der Waals surface area contributed by atoms with Gasteiger partial charge in [-0.2, -0.15) is 0 Å². The minimum absolute atomic E-state index is 0.0171. The molecule has 1 N–H and O–H groups in total. The van der Waals surface area contributed by atoms with Gasteiger partial charge in [0.2, 0.25) is 5.91 Å². The van der Waals surface area contributed by atoms with E-state index in [1.54, 1.807) is 29.2 Å². The molecule has 176 valence electrons. The molecule has 1 aromatic heterocycles. The van der Waals surface area contributed by atoms with E-state index in [4.69, 9.17) is 9.72 Å². The smallest absolute Gasteiger partial charge is 0.254 e. The van der Waals surface area contributed by atoms with E-state index in [9.17, 15) is 9.59 Å². The summed E-state index contributed by atoms with van der Waals surface area (Å²) in [5.41, 5.74) is 6.01. The Kier molecular flexibility index (Phi) is 6.55. The van der Waals surface area contributed by atoms with Crippen LogP contribution < -0.4 is 5.32 Å². The molecule has 1 aliphatic heterocycles. The monoisotopic (exact) mass is 465 g/mol. The van der Waals surface area contributed by atoms with Crippen molar-refractivity contribution in [2.75, 3.05) is 31.6 Å². The molecule has 0 atom stereocenters. The van der Waals surface area contributed by atoms with Crippen molar-refractivity contribution in [2.45, 2.75) is 13.3 Å². The fraction of sp³-hybridized carbons (Fsp3) is 0.207. The molecular weight excluding hydrogens is 438 g/mol. The summed E-state index contributed by atoms with van der Waals surface area (Å²) in [4.78, 5) is 32.3. The van der Waals surface area contributed by atoms with Gasteiger partial charge in [0.15, 0.2) is 0 Å². The first kappa shape index (κ1) is 22.7. The highest BCUT2D eigenvalue weighted by Gasteiger charge is 2.19. The second-order valence-corrected chi connectivity index (χ2v) is 8.64. The molecule has 5 rings (SSSR count). The Morgan fingerprint density at radius 1 is 0.914 bits per heavy atom. The normalized spacial score (nSPS) is 13.6. The highest BCUT2D eigenvalue weighted by Crippen LogP contribution is 2.33. The topological polar surface area (TPSA) is 71.5 Å².